The molecule has 74 valence electrons. The summed E-state index contributed by atoms with van der Waals surface area (Å²) in [4.78, 5) is 11.1. The Bertz CT molecular complexity index is 376. The van der Waals surface area contributed by atoms with E-state index in [4.69, 9.17) is 0 Å². The molecule has 1 fully saturated rings. The van der Waals surface area contributed by atoms with Crippen LogP contribution in [-0.2, 0) is 4.79 Å². The predicted octanol–water partition coefficient (Wildman–Crippen LogP) is 2.36. The molecule has 14 heavy (non-hydrogen) atoms. The van der Waals surface area contributed by atoms with Gasteiger partial charge < -0.3 is 5.32 Å². The maximum absolute atomic E-state index is 11.1. The van der Waals surface area contributed by atoms with E-state index in [0.717, 1.165) is 11.0 Å². The van der Waals surface area contributed by atoms with Crippen LogP contribution in [0.1, 0.15) is 23.5 Å². The van der Waals surface area contributed by atoms with Crippen molar-refractivity contribution >= 4 is 21.8 Å². The van der Waals surface area contributed by atoms with Gasteiger partial charge in [-0.3, -0.25) is 4.79 Å². The highest BCUT2D eigenvalue weighted by atomic mass is 79.9. The van der Waals surface area contributed by atoms with Crippen molar-refractivity contribution in [1.29, 1.82) is 0 Å². The van der Waals surface area contributed by atoms with Crippen LogP contribution in [0.4, 0.5) is 0 Å². The Kier molecular flexibility index (Phi) is 2.59. The quantitative estimate of drug-likeness (QED) is 0.818. The first-order valence-corrected chi connectivity index (χ1v) is 5.49. The van der Waals surface area contributed by atoms with E-state index in [1.165, 1.54) is 11.1 Å². The van der Waals surface area contributed by atoms with Gasteiger partial charge in [-0.25, -0.2) is 0 Å². The molecule has 1 unspecified atom stereocenters. The van der Waals surface area contributed by atoms with Crippen LogP contribution < -0.4 is 5.32 Å². The first kappa shape index (κ1) is 9.71. The zero-order valence-electron chi connectivity index (χ0n) is 8.01. The third-order valence-corrected chi connectivity index (χ3v) is 3.52. The molecule has 2 rings (SSSR count). The Morgan fingerprint density at radius 3 is 2.86 bits per heavy atom. The Morgan fingerprint density at radius 1 is 1.50 bits per heavy atom. The Hall–Kier alpha value is -0.830. The van der Waals surface area contributed by atoms with E-state index >= 15 is 0 Å². The van der Waals surface area contributed by atoms with Crippen LogP contribution in [0.25, 0.3) is 0 Å². The summed E-state index contributed by atoms with van der Waals surface area (Å²) in [5.74, 6) is 0.518. The maximum Gasteiger partial charge on any atom is 0.220 e. The first-order valence-electron chi connectivity index (χ1n) is 4.69. The molecular formula is C11H12BrNO. The van der Waals surface area contributed by atoms with Crippen molar-refractivity contribution in [2.45, 2.75) is 19.3 Å². The number of carbonyl (C=O) groups is 1. The number of carbonyl (C=O) groups excluding carboxylic acids is 1. The zero-order valence-corrected chi connectivity index (χ0v) is 9.60. The van der Waals surface area contributed by atoms with Gasteiger partial charge in [0.2, 0.25) is 5.91 Å². The smallest absolute Gasteiger partial charge is 0.220 e. The molecule has 1 aromatic carbocycles. The second-order valence-corrected chi connectivity index (χ2v) is 4.57. The van der Waals surface area contributed by atoms with Crippen LogP contribution in [0.3, 0.4) is 0 Å². The van der Waals surface area contributed by atoms with Gasteiger partial charge in [0.15, 0.2) is 0 Å². The molecule has 1 aromatic rings. The van der Waals surface area contributed by atoms with Crippen molar-refractivity contribution in [3.8, 4) is 0 Å². The maximum atomic E-state index is 11.1. The van der Waals surface area contributed by atoms with Gasteiger partial charge >= 0.3 is 0 Å². The van der Waals surface area contributed by atoms with Gasteiger partial charge in [0.05, 0.1) is 0 Å². The summed E-state index contributed by atoms with van der Waals surface area (Å²) in [7, 11) is 0. The van der Waals surface area contributed by atoms with Crippen LogP contribution in [0, 0.1) is 6.92 Å². The highest BCUT2D eigenvalue weighted by Gasteiger charge is 2.22. The molecule has 0 aliphatic carbocycles. The van der Waals surface area contributed by atoms with Crippen molar-refractivity contribution in [2.75, 3.05) is 6.54 Å². The van der Waals surface area contributed by atoms with Gasteiger partial charge in [0, 0.05) is 23.4 Å². The van der Waals surface area contributed by atoms with E-state index in [0.29, 0.717) is 12.3 Å². The number of aryl methyl sites for hydroxylation is 1. The average molecular weight is 254 g/mol. The van der Waals surface area contributed by atoms with Crippen LogP contribution in [0.15, 0.2) is 22.7 Å². The number of benzene rings is 1. The van der Waals surface area contributed by atoms with Gasteiger partial charge in [-0.2, -0.15) is 0 Å². The van der Waals surface area contributed by atoms with Crippen molar-refractivity contribution in [1.82, 2.24) is 5.32 Å². The molecule has 1 atom stereocenters. The predicted molar refractivity (Wildman–Crippen MR) is 59.2 cm³/mol. The summed E-state index contributed by atoms with van der Waals surface area (Å²) in [6.45, 7) is 2.84. The first-order chi connectivity index (χ1) is 6.66. The van der Waals surface area contributed by atoms with Gasteiger partial charge in [0.1, 0.15) is 0 Å². The number of halogens is 1. The Balaban J connectivity index is 2.24. The summed E-state index contributed by atoms with van der Waals surface area (Å²) >= 11 is 3.47. The summed E-state index contributed by atoms with van der Waals surface area (Å²) in [6.07, 6.45) is 0.626. The Morgan fingerprint density at radius 2 is 2.29 bits per heavy atom. The van der Waals surface area contributed by atoms with E-state index in [-0.39, 0.29) is 5.91 Å². The Labute approximate surface area is 91.8 Å². The molecule has 0 spiro atoms. The topological polar surface area (TPSA) is 29.1 Å². The molecule has 1 amide bonds. The van der Waals surface area contributed by atoms with Crippen LogP contribution in [-0.4, -0.2) is 12.5 Å². The summed E-state index contributed by atoms with van der Waals surface area (Å²) in [5, 5.41) is 2.85. The summed E-state index contributed by atoms with van der Waals surface area (Å²) in [5.41, 5.74) is 2.48. The molecule has 0 saturated carbocycles. The standard InChI is InChI=1S/C11H12BrNO/c1-7-4-8(2-3-10(7)12)9-5-11(14)13-6-9/h2-4,9H,5-6H2,1H3,(H,13,14). The monoisotopic (exact) mass is 253 g/mol. The number of hydrogen-bond acceptors (Lipinski definition) is 1. The SMILES string of the molecule is Cc1cc(C2CNC(=O)C2)ccc1Br. The van der Waals surface area contributed by atoms with Crippen LogP contribution >= 0.6 is 15.9 Å². The summed E-state index contributed by atoms with van der Waals surface area (Å²) < 4.78 is 1.12. The minimum Gasteiger partial charge on any atom is -0.355 e. The zero-order chi connectivity index (χ0) is 10.1. The molecule has 1 saturated heterocycles. The van der Waals surface area contributed by atoms with E-state index in [1.54, 1.807) is 0 Å². The molecule has 0 radical (unpaired) electrons. The van der Waals surface area contributed by atoms with E-state index < -0.39 is 0 Å². The highest BCUT2D eigenvalue weighted by molar-refractivity contribution is 9.10. The van der Waals surface area contributed by atoms with Crippen LogP contribution in [0.2, 0.25) is 0 Å². The molecule has 2 nitrogen and oxygen atoms in total. The lowest BCUT2D eigenvalue weighted by Gasteiger charge is -2.09. The molecular weight excluding hydrogens is 242 g/mol. The molecule has 1 aliphatic rings. The lowest BCUT2D eigenvalue weighted by atomic mass is 9.97. The molecule has 1 heterocycles. The lowest BCUT2D eigenvalue weighted by molar-refractivity contribution is -0.119. The van der Waals surface area contributed by atoms with Crippen molar-refractivity contribution < 1.29 is 4.79 Å². The second kappa shape index (κ2) is 3.73. The number of amides is 1. The fourth-order valence-corrected chi connectivity index (χ4v) is 2.01. The van der Waals surface area contributed by atoms with Gasteiger partial charge in [-0.15, -0.1) is 0 Å². The molecule has 1 N–H and O–H groups in total. The molecule has 0 bridgehead atoms. The fraction of sp³-hybridized carbons (Fsp3) is 0.364. The number of hydrogen-bond donors (Lipinski definition) is 1. The lowest BCUT2D eigenvalue weighted by Crippen LogP contribution is -2.13. The van der Waals surface area contributed by atoms with Gasteiger partial charge in [-0.1, -0.05) is 28.1 Å². The van der Waals surface area contributed by atoms with Crippen molar-refractivity contribution in [2.24, 2.45) is 0 Å². The van der Waals surface area contributed by atoms with E-state index in [2.05, 4.69) is 40.3 Å². The fourth-order valence-electron chi connectivity index (χ4n) is 1.76. The molecule has 1 aliphatic heterocycles. The number of rotatable bonds is 1. The van der Waals surface area contributed by atoms with Crippen LogP contribution in [0.5, 0.6) is 0 Å². The molecule has 0 aromatic heterocycles. The van der Waals surface area contributed by atoms with E-state index in [1.807, 2.05) is 6.07 Å². The van der Waals surface area contributed by atoms with Crippen molar-refractivity contribution in [3.63, 3.8) is 0 Å². The summed E-state index contributed by atoms with van der Waals surface area (Å²) in [6, 6.07) is 6.28. The average Bonchev–Trinajstić information content (AvgIpc) is 2.57. The van der Waals surface area contributed by atoms with Crippen molar-refractivity contribution in [3.05, 3.63) is 33.8 Å². The van der Waals surface area contributed by atoms with Gasteiger partial charge in [-0.05, 0) is 24.1 Å². The van der Waals surface area contributed by atoms with E-state index in [9.17, 15) is 4.79 Å². The third kappa shape index (κ3) is 1.82. The minimum atomic E-state index is 0.163. The molecule has 3 heteroatoms. The highest BCUT2D eigenvalue weighted by Crippen LogP contribution is 2.26. The second-order valence-electron chi connectivity index (χ2n) is 3.71. The van der Waals surface area contributed by atoms with Gasteiger partial charge in [0.25, 0.3) is 0 Å². The number of nitrogens with one attached hydrogen (secondary N) is 1. The normalized spacial score (nSPS) is 21.0. The largest absolute Gasteiger partial charge is 0.355 e. The minimum absolute atomic E-state index is 0.163. The third-order valence-electron chi connectivity index (χ3n) is 2.63.